The molecule has 1 aromatic rings. The molecule has 4 nitrogen and oxygen atoms in total. The van der Waals surface area contributed by atoms with Gasteiger partial charge >= 0.3 is 5.97 Å². The number of hydrogen-bond donors (Lipinski definition) is 2. The maximum atomic E-state index is 11.4. The Morgan fingerprint density at radius 3 is 2.86 bits per heavy atom. The van der Waals surface area contributed by atoms with Crippen LogP contribution in [0.25, 0.3) is 0 Å². The highest BCUT2D eigenvalue weighted by molar-refractivity contribution is 5.71. The van der Waals surface area contributed by atoms with Crippen LogP contribution in [0.2, 0.25) is 0 Å². The van der Waals surface area contributed by atoms with E-state index >= 15 is 0 Å². The SMILES string of the molecule is CC(C(=O)O)C(c1cccc(OC[C@@H]2CCNC2)c1)C1CC1. The van der Waals surface area contributed by atoms with Gasteiger partial charge in [0.1, 0.15) is 5.75 Å². The standard InChI is InChI=1S/C18H25NO3/c1-12(18(20)21)17(14-5-6-14)15-3-2-4-16(9-15)22-11-13-7-8-19-10-13/h2-4,9,12-14,17,19H,5-8,10-11H2,1H3,(H,20,21)/t12?,13-,17?/m1/s1. The van der Waals surface area contributed by atoms with E-state index < -0.39 is 5.97 Å². The number of benzene rings is 1. The molecule has 2 fully saturated rings. The summed E-state index contributed by atoms with van der Waals surface area (Å²) < 4.78 is 5.93. The number of rotatable bonds is 7. The molecule has 1 saturated heterocycles. The van der Waals surface area contributed by atoms with Crippen LogP contribution in [-0.4, -0.2) is 30.8 Å². The lowest BCUT2D eigenvalue weighted by Gasteiger charge is -2.22. The first-order chi connectivity index (χ1) is 10.6. The van der Waals surface area contributed by atoms with Crippen molar-refractivity contribution in [2.45, 2.75) is 32.1 Å². The molecule has 3 atom stereocenters. The predicted molar refractivity (Wildman–Crippen MR) is 85.2 cm³/mol. The topological polar surface area (TPSA) is 58.6 Å². The summed E-state index contributed by atoms with van der Waals surface area (Å²) in [7, 11) is 0. The van der Waals surface area contributed by atoms with Gasteiger partial charge < -0.3 is 15.2 Å². The number of carbonyl (C=O) groups is 1. The van der Waals surface area contributed by atoms with Crippen molar-refractivity contribution in [3.05, 3.63) is 29.8 Å². The molecule has 22 heavy (non-hydrogen) atoms. The van der Waals surface area contributed by atoms with Gasteiger partial charge in [0.25, 0.3) is 0 Å². The first kappa shape index (κ1) is 15.3. The number of aliphatic carboxylic acids is 1. The van der Waals surface area contributed by atoms with Crippen molar-refractivity contribution in [2.24, 2.45) is 17.8 Å². The number of nitrogens with one attached hydrogen (secondary N) is 1. The van der Waals surface area contributed by atoms with Crippen molar-refractivity contribution in [1.29, 1.82) is 0 Å². The van der Waals surface area contributed by atoms with Gasteiger partial charge in [-0.25, -0.2) is 0 Å². The lowest BCUT2D eigenvalue weighted by atomic mass is 9.83. The molecular weight excluding hydrogens is 278 g/mol. The van der Waals surface area contributed by atoms with Crippen LogP contribution in [0.3, 0.4) is 0 Å². The summed E-state index contributed by atoms with van der Waals surface area (Å²) in [4.78, 5) is 11.4. The molecule has 120 valence electrons. The Morgan fingerprint density at radius 1 is 1.41 bits per heavy atom. The Kier molecular flexibility index (Phi) is 4.67. The lowest BCUT2D eigenvalue weighted by Crippen LogP contribution is -2.21. The predicted octanol–water partition coefficient (Wildman–Crippen LogP) is 2.89. The normalized spacial score (nSPS) is 24.0. The zero-order chi connectivity index (χ0) is 15.5. The molecule has 2 aliphatic rings. The average Bonchev–Trinajstić information content (AvgIpc) is 3.20. The molecular formula is C18H25NO3. The fourth-order valence-corrected chi connectivity index (χ4v) is 3.46. The second-order valence-corrected chi connectivity index (χ2v) is 6.73. The quantitative estimate of drug-likeness (QED) is 0.813. The van der Waals surface area contributed by atoms with Crippen LogP contribution in [-0.2, 0) is 4.79 Å². The van der Waals surface area contributed by atoms with E-state index in [0.29, 0.717) is 11.8 Å². The maximum Gasteiger partial charge on any atom is 0.306 e. The van der Waals surface area contributed by atoms with E-state index in [1.165, 1.54) is 6.42 Å². The Bertz CT molecular complexity index is 521. The summed E-state index contributed by atoms with van der Waals surface area (Å²) in [6, 6.07) is 8.06. The molecule has 2 N–H and O–H groups in total. The molecule has 3 rings (SSSR count). The molecule has 4 heteroatoms. The molecule has 1 aromatic carbocycles. The van der Waals surface area contributed by atoms with Crippen molar-refractivity contribution in [3.63, 3.8) is 0 Å². The number of ether oxygens (including phenoxy) is 1. The second kappa shape index (κ2) is 6.69. The largest absolute Gasteiger partial charge is 0.493 e. The van der Waals surface area contributed by atoms with Crippen LogP contribution in [0.4, 0.5) is 0 Å². The summed E-state index contributed by atoms with van der Waals surface area (Å²) >= 11 is 0. The van der Waals surface area contributed by atoms with E-state index in [1.807, 2.05) is 31.2 Å². The van der Waals surface area contributed by atoms with Gasteiger partial charge in [0.15, 0.2) is 0 Å². The minimum atomic E-state index is -0.708. The molecule has 1 aliphatic heterocycles. The summed E-state index contributed by atoms with van der Waals surface area (Å²) in [5.74, 6) is 1.02. The highest BCUT2D eigenvalue weighted by Crippen LogP contribution is 2.47. The van der Waals surface area contributed by atoms with Crippen LogP contribution in [0.5, 0.6) is 5.75 Å². The van der Waals surface area contributed by atoms with E-state index in [-0.39, 0.29) is 11.8 Å². The van der Waals surface area contributed by atoms with Gasteiger partial charge in [-0.15, -0.1) is 0 Å². The molecule has 0 radical (unpaired) electrons. The highest BCUT2D eigenvalue weighted by Gasteiger charge is 2.38. The molecule has 0 bridgehead atoms. The monoisotopic (exact) mass is 303 g/mol. The Balaban J connectivity index is 1.69. The molecule has 0 aromatic heterocycles. The minimum Gasteiger partial charge on any atom is -0.493 e. The molecule has 0 spiro atoms. The Hall–Kier alpha value is -1.55. The summed E-state index contributed by atoms with van der Waals surface area (Å²) in [6.07, 6.45) is 3.45. The molecule has 1 saturated carbocycles. The summed E-state index contributed by atoms with van der Waals surface area (Å²) in [5, 5.41) is 12.7. The van der Waals surface area contributed by atoms with Crippen LogP contribution in [0.15, 0.2) is 24.3 Å². The third-order valence-electron chi connectivity index (χ3n) is 4.95. The number of carboxylic acids is 1. The van der Waals surface area contributed by atoms with Gasteiger partial charge in [-0.1, -0.05) is 19.1 Å². The Labute approximate surface area is 131 Å². The molecule has 1 aliphatic carbocycles. The molecule has 2 unspecified atom stereocenters. The fraction of sp³-hybridized carbons (Fsp3) is 0.611. The van der Waals surface area contributed by atoms with Crippen LogP contribution in [0, 0.1) is 17.8 Å². The maximum absolute atomic E-state index is 11.4. The first-order valence-electron chi connectivity index (χ1n) is 8.31. The van der Waals surface area contributed by atoms with Crippen molar-refractivity contribution < 1.29 is 14.6 Å². The van der Waals surface area contributed by atoms with Crippen LogP contribution < -0.4 is 10.1 Å². The van der Waals surface area contributed by atoms with Gasteiger partial charge in [-0.05, 0) is 55.3 Å². The minimum absolute atomic E-state index is 0.106. The first-order valence-corrected chi connectivity index (χ1v) is 8.31. The fourth-order valence-electron chi connectivity index (χ4n) is 3.46. The van der Waals surface area contributed by atoms with Gasteiger partial charge in [-0.2, -0.15) is 0 Å². The van der Waals surface area contributed by atoms with Crippen molar-refractivity contribution in [2.75, 3.05) is 19.7 Å². The Morgan fingerprint density at radius 2 is 2.23 bits per heavy atom. The zero-order valence-electron chi connectivity index (χ0n) is 13.1. The van der Waals surface area contributed by atoms with Gasteiger partial charge in [0.05, 0.1) is 12.5 Å². The van der Waals surface area contributed by atoms with Crippen LogP contribution in [0.1, 0.15) is 37.7 Å². The molecule has 1 heterocycles. The van der Waals surface area contributed by atoms with Crippen molar-refractivity contribution >= 4 is 5.97 Å². The number of carboxylic acid groups (broad SMARTS) is 1. The van der Waals surface area contributed by atoms with E-state index in [2.05, 4.69) is 5.32 Å². The zero-order valence-corrected chi connectivity index (χ0v) is 13.1. The van der Waals surface area contributed by atoms with Gasteiger partial charge in [0, 0.05) is 12.5 Å². The smallest absolute Gasteiger partial charge is 0.306 e. The van der Waals surface area contributed by atoms with E-state index in [1.54, 1.807) is 0 Å². The lowest BCUT2D eigenvalue weighted by molar-refractivity contribution is -0.142. The van der Waals surface area contributed by atoms with Crippen molar-refractivity contribution in [1.82, 2.24) is 5.32 Å². The van der Waals surface area contributed by atoms with Crippen molar-refractivity contribution in [3.8, 4) is 5.75 Å². The highest BCUT2D eigenvalue weighted by atomic mass is 16.5. The van der Waals surface area contributed by atoms with Gasteiger partial charge in [-0.3, -0.25) is 4.79 Å². The van der Waals surface area contributed by atoms with E-state index in [9.17, 15) is 9.90 Å². The third kappa shape index (κ3) is 3.61. The second-order valence-electron chi connectivity index (χ2n) is 6.73. The van der Waals surface area contributed by atoms with E-state index in [0.717, 1.165) is 43.9 Å². The van der Waals surface area contributed by atoms with Gasteiger partial charge in [0.2, 0.25) is 0 Å². The number of hydrogen-bond acceptors (Lipinski definition) is 3. The summed E-state index contributed by atoms with van der Waals surface area (Å²) in [5.41, 5.74) is 1.11. The third-order valence-corrected chi connectivity index (χ3v) is 4.95. The average molecular weight is 303 g/mol. The van der Waals surface area contributed by atoms with E-state index in [4.69, 9.17) is 4.74 Å². The van der Waals surface area contributed by atoms with Crippen LogP contribution >= 0.6 is 0 Å². The summed E-state index contributed by atoms with van der Waals surface area (Å²) in [6.45, 7) is 4.66. The molecule has 0 amide bonds.